The van der Waals surface area contributed by atoms with Gasteiger partial charge in [0.25, 0.3) is 0 Å². The first-order valence-electron chi connectivity index (χ1n) is 3.93. The van der Waals surface area contributed by atoms with Crippen molar-refractivity contribution in [1.82, 2.24) is 0 Å². The molecule has 0 bridgehead atoms. The van der Waals surface area contributed by atoms with Gasteiger partial charge in [-0.3, -0.25) is 0 Å². The Labute approximate surface area is 74.9 Å². The Morgan fingerprint density at radius 3 is 2.54 bits per heavy atom. The van der Waals surface area contributed by atoms with E-state index in [9.17, 15) is 13.2 Å². The number of rotatable bonds is 1. The third-order valence-electron chi connectivity index (χ3n) is 1.96. The molecule has 0 spiro atoms. The minimum atomic E-state index is -4.17. The molecule has 1 aliphatic carbocycles. The van der Waals surface area contributed by atoms with Crippen molar-refractivity contribution in [1.29, 1.82) is 0 Å². The van der Waals surface area contributed by atoms with Crippen molar-refractivity contribution in [3.63, 3.8) is 0 Å². The van der Waals surface area contributed by atoms with E-state index in [0.29, 0.717) is 11.3 Å². The fraction of sp³-hybridized carbons (Fsp3) is 0.556. The summed E-state index contributed by atoms with van der Waals surface area (Å²) in [6.45, 7) is 1.64. The van der Waals surface area contributed by atoms with Crippen LogP contribution in [-0.2, 0) is 4.74 Å². The van der Waals surface area contributed by atoms with Crippen LogP contribution in [0.1, 0.15) is 13.3 Å². The van der Waals surface area contributed by atoms with E-state index in [0.717, 1.165) is 0 Å². The molecule has 4 heteroatoms. The van der Waals surface area contributed by atoms with Gasteiger partial charge in [0, 0.05) is 6.42 Å². The van der Waals surface area contributed by atoms with Gasteiger partial charge in [-0.1, -0.05) is 11.6 Å². The molecule has 1 nitrogen and oxygen atoms in total. The van der Waals surface area contributed by atoms with Crippen LogP contribution in [0, 0.1) is 5.92 Å². The zero-order valence-electron chi connectivity index (χ0n) is 7.48. The molecule has 1 aliphatic rings. The Bertz CT molecular complexity index is 250. The van der Waals surface area contributed by atoms with E-state index in [1.54, 1.807) is 13.0 Å². The normalized spacial score (nSPS) is 23.6. The van der Waals surface area contributed by atoms with Gasteiger partial charge < -0.3 is 4.74 Å². The summed E-state index contributed by atoms with van der Waals surface area (Å²) in [5.41, 5.74) is 0.602. The van der Waals surface area contributed by atoms with Crippen LogP contribution in [0.2, 0.25) is 0 Å². The zero-order valence-corrected chi connectivity index (χ0v) is 7.48. The number of methoxy groups -OCH3 is 1. The standard InChI is InChI=1S/C9H11F3O/c1-6-3-7(9(10,11)12)5-8(4-6)13-2/h3-4,7H,5H2,1-2H3. The van der Waals surface area contributed by atoms with Crippen LogP contribution in [0.3, 0.4) is 0 Å². The first-order valence-corrected chi connectivity index (χ1v) is 3.93. The molecule has 0 N–H and O–H groups in total. The average Bonchev–Trinajstić information content (AvgIpc) is 2.01. The van der Waals surface area contributed by atoms with Crippen molar-refractivity contribution in [2.45, 2.75) is 19.5 Å². The summed E-state index contributed by atoms with van der Waals surface area (Å²) in [6, 6.07) is 0. The highest BCUT2D eigenvalue weighted by molar-refractivity contribution is 5.25. The fourth-order valence-electron chi connectivity index (χ4n) is 1.31. The summed E-state index contributed by atoms with van der Waals surface area (Å²) in [5.74, 6) is -1.00. The van der Waals surface area contributed by atoms with Crippen LogP contribution in [0.4, 0.5) is 13.2 Å². The molecule has 1 rings (SSSR count). The smallest absolute Gasteiger partial charge is 0.395 e. The maximum absolute atomic E-state index is 12.3. The summed E-state index contributed by atoms with van der Waals surface area (Å²) in [4.78, 5) is 0. The van der Waals surface area contributed by atoms with Gasteiger partial charge in [0.1, 0.15) is 0 Å². The summed E-state index contributed by atoms with van der Waals surface area (Å²) in [6.07, 6.45) is -1.40. The van der Waals surface area contributed by atoms with Crippen LogP contribution < -0.4 is 0 Å². The predicted octanol–water partition coefficient (Wildman–Crippen LogP) is 3.05. The second-order valence-corrected chi connectivity index (χ2v) is 3.08. The molecule has 0 amide bonds. The SMILES string of the molecule is COC1=CC(C)=CC(C(F)(F)F)C1. The van der Waals surface area contributed by atoms with Gasteiger partial charge in [0.15, 0.2) is 0 Å². The van der Waals surface area contributed by atoms with Gasteiger partial charge in [-0.15, -0.1) is 0 Å². The van der Waals surface area contributed by atoms with Crippen LogP contribution >= 0.6 is 0 Å². The van der Waals surface area contributed by atoms with Gasteiger partial charge in [0.05, 0.1) is 18.8 Å². The topological polar surface area (TPSA) is 9.23 Å². The molecule has 1 unspecified atom stereocenters. The van der Waals surface area contributed by atoms with Gasteiger partial charge in [-0.2, -0.15) is 13.2 Å². The molecule has 0 saturated carbocycles. The van der Waals surface area contributed by atoms with E-state index >= 15 is 0 Å². The highest BCUT2D eigenvalue weighted by atomic mass is 19.4. The minimum Gasteiger partial charge on any atom is -0.501 e. The molecule has 0 fully saturated rings. The van der Waals surface area contributed by atoms with Crippen LogP contribution in [0.15, 0.2) is 23.5 Å². The second-order valence-electron chi connectivity index (χ2n) is 3.08. The van der Waals surface area contributed by atoms with E-state index in [1.807, 2.05) is 0 Å². The van der Waals surface area contributed by atoms with E-state index < -0.39 is 12.1 Å². The Balaban J connectivity index is 2.81. The van der Waals surface area contributed by atoms with Crippen molar-refractivity contribution in [3.8, 4) is 0 Å². The summed E-state index contributed by atoms with van der Waals surface area (Å²) in [5, 5.41) is 0. The maximum Gasteiger partial charge on any atom is 0.395 e. The average molecular weight is 192 g/mol. The number of halogens is 3. The summed E-state index contributed by atoms with van der Waals surface area (Å²) < 4.78 is 41.7. The third kappa shape index (κ3) is 2.50. The van der Waals surface area contributed by atoms with Crippen molar-refractivity contribution in [3.05, 3.63) is 23.5 Å². The third-order valence-corrected chi connectivity index (χ3v) is 1.96. The molecule has 0 aromatic heterocycles. The molecule has 0 aliphatic heterocycles. The first kappa shape index (κ1) is 10.2. The predicted molar refractivity (Wildman–Crippen MR) is 43.0 cm³/mol. The van der Waals surface area contributed by atoms with Crippen molar-refractivity contribution in [2.75, 3.05) is 7.11 Å². The monoisotopic (exact) mass is 192 g/mol. The lowest BCUT2D eigenvalue weighted by atomic mass is 9.95. The minimum absolute atomic E-state index is 0.0860. The number of hydrogen-bond acceptors (Lipinski definition) is 1. The van der Waals surface area contributed by atoms with E-state index in [1.165, 1.54) is 13.2 Å². The first-order chi connectivity index (χ1) is 5.93. The molecule has 0 aromatic carbocycles. The van der Waals surface area contributed by atoms with Crippen LogP contribution in [-0.4, -0.2) is 13.3 Å². The van der Waals surface area contributed by atoms with Gasteiger partial charge in [-0.25, -0.2) is 0 Å². The molecular formula is C9H11F3O. The van der Waals surface area contributed by atoms with Gasteiger partial charge in [0.2, 0.25) is 0 Å². The largest absolute Gasteiger partial charge is 0.501 e. The lowest BCUT2D eigenvalue weighted by Crippen LogP contribution is -2.23. The van der Waals surface area contributed by atoms with Gasteiger partial charge in [-0.05, 0) is 13.0 Å². The number of alkyl halides is 3. The number of ether oxygens (including phenoxy) is 1. The Kier molecular flexibility index (Phi) is 2.68. The van der Waals surface area contributed by atoms with E-state index in [2.05, 4.69) is 0 Å². The maximum atomic E-state index is 12.3. The second kappa shape index (κ2) is 3.44. The summed E-state index contributed by atoms with van der Waals surface area (Å²) in [7, 11) is 1.39. The lowest BCUT2D eigenvalue weighted by molar-refractivity contribution is -0.162. The van der Waals surface area contributed by atoms with Crippen molar-refractivity contribution < 1.29 is 17.9 Å². The van der Waals surface area contributed by atoms with E-state index in [-0.39, 0.29) is 6.42 Å². The molecule has 74 valence electrons. The Hall–Kier alpha value is -0.930. The fourth-order valence-corrected chi connectivity index (χ4v) is 1.31. The van der Waals surface area contributed by atoms with Gasteiger partial charge >= 0.3 is 6.18 Å². The highest BCUT2D eigenvalue weighted by Crippen LogP contribution is 2.35. The van der Waals surface area contributed by atoms with E-state index in [4.69, 9.17) is 4.74 Å². The molecule has 0 aromatic rings. The van der Waals surface area contributed by atoms with Crippen LogP contribution in [0.5, 0.6) is 0 Å². The van der Waals surface area contributed by atoms with Crippen molar-refractivity contribution >= 4 is 0 Å². The molecule has 0 radical (unpaired) electrons. The zero-order chi connectivity index (χ0) is 10.1. The quantitative estimate of drug-likeness (QED) is 0.620. The Morgan fingerprint density at radius 1 is 1.46 bits per heavy atom. The molecule has 1 atom stereocenters. The Morgan fingerprint density at radius 2 is 2.08 bits per heavy atom. The van der Waals surface area contributed by atoms with Crippen LogP contribution in [0.25, 0.3) is 0 Å². The molecular weight excluding hydrogens is 181 g/mol. The molecule has 0 saturated heterocycles. The lowest BCUT2D eigenvalue weighted by Gasteiger charge is -2.21. The molecule has 13 heavy (non-hydrogen) atoms. The summed E-state index contributed by atoms with van der Waals surface area (Å²) >= 11 is 0. The highest BCUT2D eigenvalue weighted by Gasteiger charge is 2.39. The molecule has 0 heterocycles. The number of allylic oxidation sites excluding steroid dienone is 4. The number of hydrogen-bond donors (Lipinski definition) is 0. The van der Waals surface area contributed by atoms with Crippen molar-refractivity contribution in [2.24, 2.45) is 5.92 Å².